The minimum absolute atomic E-state index is 0.00486. The van der Waals surface area contributed by atoms with Crippen LogP contribution in [0.5, 0.6) is 0 Å². The molecule has 1 saturated heterocycles. The fourth-order valence-electron chi connectivity index (χ4n) is 2.29. The summed E-state index contributed by atoms with van der Waals surface area (Å²) in [6.45, 7) is 1.92. The Morgan fingerprint density at radius 1 is 1.50 bits per heavy atom. The maximum atomic E-state index is 11.0. The van der Waals surface area contributed by atoms with E-state index in [1.165, 1.54) is 0 Å². The van der Waals surface area contributed by atoms with Crippen LogP contribution in [0, 0.1) is 6.92 Å². The van der Waals surface area contributed by atoms with Gasteiger partial charge >= 0.3 is 5.97 Å². The molecule has 1 aliphatic rings. The Morgan fingerprint density at radius 3 is 3.00 bits per heavy atom. The second kappa shape index (κ2) is 4.33. The number of nitrogens with one attached hydrogen (secondary N) is 1. The van der Waals surface area contributed by atoms with Crippen LogP contribution in [0.15, 0.2) is 28.7 Å². The molecule has 4 nitrogen and oxygen atoms in total. The lowest BCUT2D eigenvalue weighted by atomic mass is 10.1. The van der Waals surface area contributed by atoms with Gasteiger partial charge in [0.25, 0.3) is 0 Å². The SMILES string of the molecule is Cc1oc2ccccc2c1C1N[C@@H](C(=O)O)CS1. The Hall–Kier alpha value is -1.46. The Morgan fingerprint density at radius 2 is 2.28 bits per heavy atom. The summed E-state index contributed by atoms with van der Waals surface area (Å²) < 4.78 is 5.71. The van der Waals surface area contributed by atoms with Crippen LogP contribution < -0.4 is 5.32 Å². The van der Waals surface area contributed by atoms with Crippen LogP contribution in [0.1, 0.15) is 16.7 Å². The molecule has 1 unspecified atom stereocenters. The number of fused-ring (bicyclic) bond motifs is 1. The highest BCUT2D eigenvalue weighted by Crippen LogP contribution is 2.39. The average molecular weight is 263 g/mol. The van der Waals surface area contributed by atoms with Gasteiger partial charge in [-0.2, -0.15) is 0 Å². The van der Waals surface area contributed by atoms with E-state index in [0.717, 1.165) is 22.3 Å². The van der Waals surface area contributed by atoms with Crippen LogP contribution in [-0.4, -0.2) is 22.9 Å². The monoisotopic (exact) mass is 263 g/mol. The molecule has 2 aromatic rings. The molecule has 1 fully saturated rings. The zero-order valence-electron chi connectivity index (χ0n) is 9.84. The summed E-state index contributed by atoms with van der Waals surface area (Å²) in [5.74, 6) is 0.640. The van der Waals surface area contributed by atoms with Crippen LogP contribution in [0.2, 0.25) is 0 Å². The maximum Gasteiger partial charge on any atom is 0.321 e. The van der Waals surface area contributed by atoms with Gasteiger partial charge in [0.2, 0.25) is 0 Å². The number of hydrogen-bond donors (Lipinski definition) is 2. The summed E-state index contributed by atoms with van der Waals surface area (Å²) in [5.41, 5.74) is 1.92. The average Bonchev–Trinajstić information content (AvgIpc) is 2.91. The number of hydrogen-bond acceptors (Lipinski definition) is 4. The molecule has 0 spiro atoms. The van der Waals surface area contributed by atoms with Gasteiger partial charge in [0.15, 0.2) is 0 Å². The third-order valence-corrected chi connectivity index (χ3v) is 4.39. The van der Waals surface area contributed by atoms with Gasteiger partial charge in [-0.25, -0.2) is 0 Å². The third kappa shape index (κ3) is 1.79. The van der Waals surface area contributed by atoms with Crippen molar-refractivity contribution in [3.63, 3.8) is 0 Å². The van der Waals surface area contributed by atoms with Gasteiger partial charge in [-0.1, -0.05) is 18.2 Å². The van der Waals surface area contributed by atoms with Crippen molar-refractivity contribution in [1.29, 1.82) is 0 Å². The number of aliphatic carboxylic acids is 1. The molecule has 2 N–H and O–H groups in total. The fourth-order valence-corrected chi connectivity index (χ4v) is 3.64. The molecule has 5 heteroatoms. The summed E-state index contributed by atoms with van der Waals surface area (Å²) in [5, 5.41) is 13.2. The summed E-state index contributed by atoms with van der Waals surface area (Å²) in [6.07, 6.45) is 0. The van der Waals surface area contributed by atoms with Crippen molar-refractivity contribution < 1.29 is 14.3 Å². The molecule has 0 amide bonds. The minimum atomic E-state index is -0.796. The smallest absolute Gasteiger partial charge is 0.321 e. The Bertz CT molecular complexity index is 607. The molecule has 0 aliphatic carbocycles. The number of aryl methyl sites for hydroxylation is 1. The second-order valence-electron chi connectivity index (χ2n) is 4.34. The fraction of sp³-hybridized carbons (Fsp3) is 0.308. The predicted octanol–water partition coefficient (Wildman–Crippen LogP) is 2.53. The topological polar surface area (TPSA) is 62.5 Å². The number of para-hydroxylation sites is 1. The molecular formula is C13H13NO3S. The molecule has 18 heavy (non-hydrogen) atoms. The lowest BCUT2D eigenvalue weighted by molar-refractivity contribution is -0.138. The van der Waals surface area contributed by atoms with Crippen LogP contribution >= 0.6 is 11.8 Å². The van der Waals surface area contributed by atoms with E-state index >= 15 is 0 Å². The summed E-state index contributed by atoms with van der Waals surface area (Å²) in [6, 6.07) is 7.37. The molecule has 3 rings (SSSR count). The highest BCUT2D eigenvalue weighted by Gasteiger charge is 2.33. The second-order valence-corrected chi connectivity index (χ2v) is 5.48. The van der Waals surface area contributed by atoms with Crippen molar-refractivity contribution >= 4 is 28.7 Å². The highest BCUT2D eigenvalue weighted by molar-refractivity contribution is 7.99. The first kappa shape index (κ1) is 11.6. The van der Waals surface area contributed by atoms with E-state index in [1.807, 2.05) is 31.2 Å². The first-order chi connectivity index (χ1) is 8.66. The van der Waals surface area contributed by atoms with Gasteiger partial charge < -0.3 is 9.52 Å². The first-order valence-electron chi connectivity index (χ1n) is 5.75. The Kier molecular flexibility index (Phi) is 2.80. The lowest BCUT2D eigenvalue weighted by Gasteiger charge is -2.10. The normalized spacial score (nSPS) is 23.6. The van der Waals surface area contributed by atoms with Crippen molar-refractivity contribution in [3.8, 4) is 0 Å². The van der Waals surface area contributed by atoms with E-state index in [0.29, 0.717) is 5.75 Å². The van der Waals surface area contributed by atoms with Crippen molar-refractivity contribution in [1.82, 2.24) is 5.32 Å². The number of carbonyl (C=O) groups is 1. The highest BCUT2D eigenvalue weighted by atomic mass is 32.2. The van der Waals surface area contributed by atoms with Gasteiger partial charge in [0.05, 0.1) is 5.37 Å². The molecule has 2 atom stereocenters. The van der Waals surface area contributed by atoms with E-state index in [4.69, 9.17) is 9.52 Å². The zero-order chi connectivity index (χ0) is 12.7. The van der Waals surface area contributed by atoms with Crippen LogP contribution in [0.3, 0.4) is 0 Å². The Labute approximate surface area is 108 Å². The predicted molar refractivity (Wildman–Crippen MR) is 70.7 cm³/mol. The summed E-state index contributed by atoms with van der Waals surface area (Å²) in [4.78, 5) is 11.0. The zero-order valence-corrected chi connectivity index (χ0v) is 10.7. The van der Waals surface area contributed by atoms with Crippen molar-refractivity contribution in [2.75, 3.05) is 5.75 Å². The third-order valence-electron chi connectivity index (χ3n) is 3.16. The molecular weight excluding hydrogens is 250 g/mol. The number of carboxylic acid groups (broad SMARTS) is 1. The largest absolute Gasteiger partial charge is 0.480 e. The molecule has 1 aromatic heterocycles. The van der Waals surface area contributed by atoms with Crippen molar-refractivity contribution in [2.24, 2.45) is 0 Å². The van der Waals surface area contributed by atoms with Crippen LogP contribution in [0.4, 0.5) is 0 Å². The number of rotatable bonds is 2. The molecule has 0 saturated carbocycles. The van der Waals surface area contributed by atoms with E-state index in [9.17, 15) is 4.79 Å². The maximum absolute atomic E-state index is 11.0. The van der Waals surface area contributed by atoms with Gasteiger partial charge in [0, 0.05) is 16.7 Å². The van der Waals surface area contributed by atoms with E-state index in [-0.39, 0.29) is 5.37 Å². The van der Waals surface area contributed by atoms with Gasteiger partial charge in [0.1, 0.15) is 17.4 Å². The Balaban J connectivity index is 2.00. The summed E-state index contributed by atoms with van der Waals surface area (Å²) >= 11 is 1.61. The number of carboxylic acids is 1. The van der Waals surface area contributed by atoms with Crippen LogP contribution in [0.25, 0.3) is 11.0 Å². The number of furan rings is 1. The van der Waals surface area contributed by atoms with E-state index in [2.05, 4.69) is 5.32 Å². The first-order valence-corrected chi connectivity index (χ1v) is 6.80. The van der Waals surface area contributed by atoms with E-state index in [1.54, 1.807) is 11.8 Å². The van der Waals surface area contributed by atoms with Gasteiger partial charge in [-0.3, -0.25) is 10.1 Å². The van der Waals surface area contributed by atoms with Gasteiger partial charge in [-0.05, 0) is 13.0 Å². The van der Waals surface area contributed by atoms with Crippen molar-refractivity contribution in [3.05, 3.63) is 35.6 Å². The molecule has 1 aliphatic heterocycles. The molecule has 1 aromatic carbocycles. The minimum Gasteiger partial charge on any atom is -0.480 e. The lowest BCUT2D eigenvalue weighted by Crippen LogP contribution is -2.33. The number of thioether (sulfide) groups is 1. The van der Waals surface area contributed by atoms with E-state index < -0.39 is 12.0 Å². The quantitative estimate of drug-likeness (QED) is 0.871. The van der Waals surface area contributed by atoms with Gasteiger partial charge in [-0.15, -0.1) is 11.8 Å². The van der Waals surface area contributed by atoms with Crippen LogP contribution in [-0.2, 0) is 4.79 Å². The standard InChI is InChI=1S/C13H13NO3S/c1-7-11(8-4-2-3-5-10(8)17-7)12-14-9(6-18-12)13(15)16/h2-5,9,12,14H,6H2,1H3,(H,15,16)/t9-,12?/m1/s1. The molecule has 2 heterocycles. The molecule has 0 bridgehead atoms. The number of benzene rings is 1. The summed E-state index contributed by atoms with van der Waals surface area (Å²) in [7, 11) is 0. The molecule has 94 valence electrons. The molecule has 0 radical (unpaired) electrons. The van der Waals surface area contributed by atoms with Crippen molar-refractivity contribution in [2.45, 2.75) is 18.3 Å².